The predicted molar refractivity (Wildman–Crippen MR) is 105 cm³/mol. The zero-order valence-electron chi connectivity index (χ0n) is 16.0. The van der Waals surface area contributed by atoms with Crippen LogP contribution in [0.3, 0.4) is 0 Å². The van der Waals surface area contributed by atoms with Gasteiger partial charge >= 0.3 is 12.1 Å². The molecule has 0 bridgehead atoms. The van der Waals surface area contributed by atoms with Gasteiger partial charge in [0.15, 0.2) is 0 Å². The molecule has 9 heteroatoms. The van der Waals surface area contributed by atoms with Crippen LogP contribution in [0.2, 0.25) is 0 Å². The van der Waals surface area contributed by atoms with Gasteiger partial charge in [-0.05, 0) is 42.8 Å². The minimum Gasteiger partial charge on any atom is -0.447 e. The summed E-state index contributed by atoms with van der Waals surface area (Å²) in [6.45, 7) is 4.72. The van der Waals surface area contributed by atoms with Crippen molar-refractivity contribution in [3.63, 3.8) is 0 Å². The van der Waals surface area contributed by atoms with Crippen LogP contribution in [0, 0.1) is 12.7 Å². The number of ether oxygens (including phenoxy) is 1. The SMILES string of the molecule is Cc1ccc(NC(=O)Nc2cc(F)cc(CN3CCN4C(=O)OC[C@@H]4C3)c2)cn1. The predicted octanol–water partition coefficient (Wildman–Crippen LogP) is 2.81. The van der Waals surface area contributed by atoms with Crippen LogP contribution in [0.25, 0.3) is 0 Å². The average molecular weight is 399 g/mol. The minimum absolute atomic E-state index is 0.0382. The van der Waals surface area contributed by atoms with E-state index < -0.39 is 11.8 Å². The number of benzene rings is 1. The van der Waals surface area contributed by atoms with E-state index in [9.17, 15) is 14.0 Å². The molecule has 0 unspecified atom stereocenters. The number of urea groups is 1. The topological polar surface area (TPSA) is 86.8 Å². The van der Waals surface area contributed by atoms with Gasteiger partial charge in [-0.25, -0.2) is 14.0 Å². The molecule has 2 N–H and O–H groups in total. The van der Waals surface area contributed by atoms with Gasteiger partial charge in [0.25, 0.3) is 0 Å². The van der Waals surface area contributed by atoms with E-state index in [1.54, 1.807) is 29.3 Å². The largest absolute Gasteiger partial charge is 0.447 e. The van der Waals surface area contributed by atoms with E-state index in [4.69, 9.17) is 4.74 Å². The number of hydrogen-bond donors (Lipinski definition) is 2. The van der Waals surface area contributed by atoms with Crippen molar-refractivity contribution in [2.24, 2.45) is 0 Å². The van der Waals surface area contributed by atoms with E-state index in [1.165, 1.54) is 12.1 Å². The molecular weight excluding hydrogens is 377 g/mol. The molecule has 8 nitrogen and oxygen atoms in total. The number of halogens is 1. The zero-order valence-corrected chi connectivity index (χ0v) is 16.0. The fraction of sp³-hybridized carbons (Fsp3) is 0.350. The van der Waals surface area contributed by atoms with Gasteiger partial charge < -0.3 is 15.4 Å². The Kier molecular flexibility index (Phi) is 5.30. The fourth-order valence-electron chi connectivity index (χ4n) is 3.60. The number of nitrogens with one attached hydrogen (secondary N) is 2. The first-order chi connectivity index (χ1) is 14.0. The molecule has 0 aliphatic carbocycles. The molecule has 4 rings (SSSR count). The molecule has 2 aliphatic rings. The number of carbonyl (C=O) groups is 2. The number of carbonyl (C=O) groups excluding carboxylic acids is 2. The second-order valence-corrected chi connectivity index (χ2v) is 7.27. The maximum absolute atomic E-state index is 14.1. The third-order valence-corrected chi connectivity index (χ3v) is 4.99. The highest BCUT2D eigenvalue weighted by molar-refractivity contribution is 5.99. The molecule has 0 radical (unpaired) electrons. The number of nitrogens with zero attached hydrogens (tertiary/aromatic N) is 3. The second kappa shape index (κ2) is 8.04. The lowest BCUT2D eigenvalue weighted by atomic mass is 10.1. The van der Waals surface area contributed by atoms with Crippen molar-refractivity contribution in [3.05, 3.63) is 53.6 Å². The molecule has 2 fully saturated rings. The Morgan fingerprint density at radius 1 is 1.24 bits per heavy atom. The summed E-state index contributed by atoms with van der Waals surface area (Å²) >= 11 is 0. The highest BCUT2D eigenvalue weighted by Crippen LogP contribution is 2.21. The molecule has 0 saturated carbocycles. The maximum atomic E-state index is 14.1. The van der Waals surface area contributed by atoms with Crippen LogP contribution in [-0.4, -0.2) is 59.2 Å². The standard InChI is InChI=1S/C20H22FN5O3/c1-13-2-3-16(9-22-13)23-19(27)24-17-7-14(6-15(21)8-17)10-25-4-5-26-18(11-25)12-29-20(26)28/h2-3,6-9,18H,4-5,10-12H2,1H3,(H2,23,24,27)/t18-/m0/s1. The fourth-order valence-corrected chi connectivity index (χ4v) is 3.60. The van der Waals surface area contributed by atoms with Crippen LogP contribution in [0.4, 0.5) is 25.4 Å². The molecule has 3 amide bonds. The first kappa shape index (κ1) is 19.1. The van der Waals surface area contributed by atoms with Gasteiger partial charge in [0.05, 0.1) is 17.9 Å². The summed E-state index contributed by atoms with van der Waals surface area (Å²) < 4.78 is 19.2. The van der Waals surface area contributed by atoms with Crippen LogP contribution in [-0.2, 0) is 11.3 Å². The van der Waals surface area contributed by atoms with E-state index in [1.807, 2.05) is 6.92 Å². The van der Waals surface area contributed by atoms with Gasteiger partial charge in [-0.3, -0.25) is 14.8 Å². The van der Waals surface area contributed by atoms with E-state index >= 15 is 0 Å². The number of anilines is 2. The van der Waals surface area contributed by atoms with Crippen molar-refractivity contribution >= 4 is 23.5 Å². The van der Waals surface area contributed by atoms with Gasteiger partial charge in [0, 0.05) is 37.6 Å². The molecule has 0 spiro atoms. The molecule has 152 valence electrons. The summed E-state index contributed by atoms with van der Waals surface area (Å²) in [6.07, 6.45) is 1.30. The Morgan fingerprint density at radius 3 is 2.86 bits per heavy atom. The highest BCUT2D eigenvalue weighted by Gasteiger charge is 2.37. The van der Waals surface area contributed by atoms with E-state index in [0.29, 0.717) is 44.2 Å². The number of aromatic nitrogens is 1. The molecule has 2 aliphatic heterocycles. The summed E-state index contributed by atoms with van der Waals surface area (Å²) in [7, 11) is 0. The summed E-state index contributed by atoms with van der Waals surface area (Å²) in [6, 6.07) is 7.58. The third-order valence-electron chi connectivity index (χ3n) is 4.99. The third kappa shape index (κ3) is 4.62. The number of piperazine rings is 1. The Bertz CT molecular complexity index is 921. The number of fused-ring (bicyclic) bond motifs is 1. The minimum atomic E-state index is -0.470. The van der Waals surface area contributed by atoms with Crippen molar-refractivity contribution in [1.29, 1.82) is 0 Å². The highest BCUT2D eigenvalue weighted by atomic mass is 19.1. The number of rotatable bonds is 4. The first-order valence-corrected chi connectivity index (χ1v) is 9.42. The van der Waals surface area contributed by atoms with E-state index in [2.05, 4.69) is 20.5 Å². The van der Waals surface area contributed by atoms with E-state index in [-0.39, 0.29) is 12.1 Å². The number of aryl methyl sites for hydroxylation is 1. The lowest BCUT2D eigenvalue weighted by Crippen LogP contribution is -2.51. The summed E-state index contributed by atoms with van der Waals surface area (Å²) in [5.41, 5.74) is 2.52. The second-order valence-electron chi connectivity index (χ2n) is 7.27. The summed E-state index contributed by atoms with van der Waals surface area (Å²) in [5, 5.41) is 5.33. The van der Waals surface area contributed by atoms with Crippen LogP contribution in [0.15, 0.2) is 36.5 Å². The van der Waals surface area contributed by atoms with Crippen molar-refractivity contribution in [1.82, 2.24) is 14.8 Å². The first-order valence-electron chi connectivity index (χ1n) is 9.42. The monoisotopic (exact) mass is 399 g/mol. The average Bonchev–Trinajstić information content (AvgIpc) is 3.03. The van der Waals surface area contributed by atoms with Gasteiger partial charge in [-0.2, -0.15) is 0 Å². The Hall–Kier alpha value is -3.20. The Morgan fingerprint density at radius 2 is 2.07 bits per heavy atom. The van der Waals surface area contributed by atoms with Crippen LogP contribution in [0.1, 0.15) is 11.3 Å². The molecule has 1 atom stereocenters. The Balaban J connectivity index is 1.38. The van der Waals surface area contributed by atoms with Crippen molar-refractivity contribution in [2.45, 2.75) is 19.5 Å². The van der Waals surface area contributed by atoms with Crippen LogP contribution < -0.4 is 10.6 Å². The molecule has 2 aromatic rings. The molecule has 1 aromatic heterocycles. The maximum Gasteiger partial charge on any atom is 0.410 e. The quantitative estimate of drug-likeness (QED) is 0.826. The summed E-state index contributed by atoms with van der Waals surface area (Å²) in [5.74, 6) is -0.423. The summed E-state index contributed by atoms with van der Waals surface area (Å²) in [4.78, 5) is 31.8. The lowest BCUT2D eigenvalue weighted by Gasteiger charge is -2.35. The van der Waals surface area contributed by atoms with Crippen molar-refractivity contribution in [2.75, 3.05) is 36.9 Å². The normalized spacial score (nSPS) is 18.9. The number of pyridine rings is 1. The van der Waals surface area contributed by atoms with Gasteiger partial charge in [0.2, 0.25) is 0 Å². The van der Waals surface area contributed by atoms with Crippen molar-refractivity contribution < 1.29 is 18.7 Å². The van der Waals surface area contributed by atoms with Gasteiger partial charge in [-0.15, -0.1) is 0 Å². The van der Waals surface area contributed by atoms with Gasteiger partial charge in [0.1, 0.15) is 12.4 Å². The zero-order chi connectivity index (χ0) is 20.4. The van der Waals surface area contributed by atoms with Gasteiger partial charge in [-0.1, -0.05) is 0 Å². The molecule has 1 aromatic carbocycles. The number of cyclic esters (lactones) is 1. The van der Waals surface area contributed by atoms with Crippen LogP contribution in [0.5, 0.6) is 0 Å². The molecular formula is C20H22FN5O3. The smallest absolute Gasteiger partial charge is 0.410 e. The van der Waals surface area contributed by atoms with E-state index in [0.717, 1.165) is 11.3 Å². The Labute approximate surface area is 167 Å². The lowest BCUT2D eigenvalue weighted by molar-refractivity contribution is 0.115. The molecule has 2 saturated heterocycles. The number of hydrogen-bond acceptors (Lipinski definition) is 5. The molecule has 3 heterocycles. The van der Waals surface area contributed by atoms with Crippen molar-refractivity contribution in [3.8, 4) is 0 Å². The number of amides is 3. The van der Waals surface area contributed by atoms with Crippen LogP contribution >= 0.6 is 0 Å². The molecule has 29 heavy (non-hydrogen) atoms.